The molecule has 0 aromatic carbocycles. The van der Waals surface area contributed by atoms with Crippen LogP contribution in [0.3, 0.4) is 0 Å². The molecule has 4 heteroatoms. The van der Waals surface area contributed by atoms with Crippen molar-refractivity contribution in [3.05, 3.63) is 15.9 Å². The van der Waals surface area contributed by atoms with Gasteiger partial charge in [0.2, 0.25) is 0 Å². The molecule has 0 radical (unpaired) electrons. The minimum absolute atomic E-state index is 0.111. The maximum Gasteiger partial charge on any atom is 0.176 e. The summed E-state index contributed by atoms with van der Waals surface area (Å²) in [7, 11) is 0. The lowest BCUT2D eigenvalue weighted by molar-refractivity contribution is 0.227. The molecule has 1 aromatic rings. The molecular formula is C7H10BrNO2. The van der Waals surface area contributed by atoms with Gasteiger partial charge >= 0.3 is 0 Å². The molecule has 0 aliphatic heterocycles. The fraction of sp³-hybridized carbons (Fsp3) is 0.571. The van der Waals surface area contributed by atoms with Crippen LogP contribution in [0.5, 0.6) is 0 Å². The molecule has 3 nitrogen and oxygen atoms in total. The zero-order chi connectivity index (χ0) is 8.43. The fourth-order valence-electron chi connectivity index (χ4n) is 0.784. The second kappa shape index (κ2) is 3.36. The Morgan fingerprint density at radius 1 is 1.64 bits per heavy atom. The van der Waals surface area contributed by atoms with E-state index in [1.54, 1.807) is 0 Å². The van der Waals surface area contributed by atoms with Crippen LogP contribution >= 0.6 is 15.9 Å². The van der Waals surface area contributed by atoms with E-state index in [1.807, 2.05) is 13.8 Å². The molecule has 62 valence electrons. The van der Waals surface area contributed by atoms with E-state index in [1.165, 1.54) is 0 Å². The van der Waals surface area contributed by atoms with Crippen molar-refractivity contribution in [1.29, 1.82) is 0 Å². The Kier molecular flexibility index (Phi) is 2.67. The lowest BCUT2D eigenvalue weighted by atomic mass is 10.1. The summed E-state index contributed by atoms with van der Waals surface area (Å²) in [5.74, 6) is 0.808. The molecule has 0 fully saturated rings. The predicted octanol–water partition coefficient (Wildman–Crippen LogP) is 2.05. The molecular weight excluding hydrogens is 210 g/mol. The van der Waals surface area contributed by atoms with Crippen LogP contribution in [0.25, 0.3) is 0 Å². The van der Waals surface area contributed by atoms with Gasteiger partial charge in [0.1, 0.15) is 12.3 Å². The number of rotatable bonds is 2. The highest BCUT2D eigenvalue weighted by atomic mass is 79.9. The summed E-state index contributed by atoms with van der Waals surface area (Å²) < 4.78 is 5.65. The summed E-state index contributed by atoms with van der Waals surface area (Å²) in [6.45, 7) is 3.92. The summed E-state index contributed by atoms with van der Waals surface area (Å²) in [6.07, 6.45) is 0. The van der Waals surface area contributed by atoms with Crippen molar-refractivity contribution in [3.63, 3.8) is 0 Å². The number of aromatic nitrogens is 1. The second-order valence-corrected chi connectivity index (χ2v) is 3.41. The van der Waals surface area contributed by atoms with Gasteiger partial charge in [0.25, 0.3) is 0 Å². The topological polar surface area (TPSA) is 46.3 Å². The third kappa shape index (κ3) is 1.62. The van der Waals surface area contributed by atoms with E-state index < -0.39 is 0 Å². The molecule has 0 spiro atoms. The number of aliphatic hydroxyl groups excluding tert-OH is 1. The SMILES string of the molecule is CC(C)c1noc(CO)c1Br. The normalized spacial score (nSPS) is 11.0. The van der Waals surface area contributed by atoms with Crippen molar-refractivity contribution in [2.45, 2.75) is 26.4 Å². The van der Waals surface area contributed by atoms with Crippen LogP contribution < -0.4 is 0 Å². The second-order valence-electron chi connectivity index (χ2n) is 2.62. The minimum atomic E-state index is -0.111. The molecule has 0 saturated heterocycles. The number of halogens is 1. The Balaban J connectivity index is 3.00. The first kappa shape index (κ1) is 8.74. The highest BCUT2D eigenvalue weighted by Gasteiger charge is 2.14. The van der Waals surface area contributed by atoms with Gasteiger partial charge < -0.3 is 9.63 Å². The van der Waals surface area contributed by atoms with Crippen molar-refractivity contribution in [2.24, 2.45) is 0 Å². The maximum atomic E-state index is 8.75. The summed E-state index contributed by atoms with van der Waals surface area (Å²) in [5.41, 5.74) is 0.856. The zero-order valence-electron chi connectivity index (χ0n) is 6.47. The zero-order valence-corrected chi connectivity index (χ0v) is 8.05. The largest absolute Gasteiger partial charge is 0.388 e. The molecule has 1 rings (SSSR count). The van der Waals surface area contributed by atoms with Crippen molar-refractivity contribution in [2.75, 3.05) is 0 Å². The average Bonchev–Trinajstić information content (AvgIpc) is 2.30. The van der Waals surface area contributed by atoms with Crippen molar-refractivity contribution in [1.82, 2.24) is 5.16 Å². The number of hydrogen-bond donors (Lipinski definition) is 1. The van der Waals surface area contributed by atoms with Crippen LogP contribution in [-0.4, -0.2) is 10.3 Å². The lowest BCUT2D eigenvalue weighted by Gasteiger charge is -1.96. The first-order valence-electron chi connectivity index (χ1n) is 3.41. The van der Waals surface area contributed by atoms with Gasteiger partial charge in [0.15, 0.2) is 5.76 Å². The molecule has 0 aliphatic rings. The third-order valence-electron chi connectivity index (χ3n) is 1.41. The third-order valence-corrected chi connectivity index (χ3v) is 2.26. The summed E-state index contributed by atoms with van der Waals surface area (Å²) in [5, 5.41) is 12.6. The van der Waals surface area contributed by atoms with E-state index in [-0.39, 0.29) is 6.61 Å². The van der Waals surface area contributed by atoms with E-state index in [0.717, 1.165) is 10.2 Å². The first-order valence-corrected chi connectivity index (χ1v) is 4.21. The van der Waals surface area contributed by atoms with Gasteiger partial charge in [-0.1, -0.05) is 19.0 Å². The smallest absolute Gasteiger partial charge is 0.176 e. The molecule has 0 bridgehead atoms. The van der Waals surface area contributed by atoms with Crippen LogP contribution in [0.15, 0.2) is 9.00 Å². The van der Waals surface area contributed by atoms with Gasteiger partial charge in [-0.2, -0.15) is 0 Å². The van der Waals surface area contributed by atoms with Crippen LogP contribution in [0.2, 0.25) is 0 Å². The Morgan fingerprint density at radius 3 is 2.55 bits per heavy atom. The quantitative estimate of drug-likeness (QED) is 0.829. The van der Waals surface area contributed by atoms with Crippen molar-refractivity contribution in [3.8, 4) is 0 Å². The Morgan fingerprint density at radius 2 is 2.27 bits per heavy atom. The monoisotopic (exact) mass is 219 g/mol. The Labute approximate surface area is 73.5 Å². The summed E-state index contributed by atoms with van der Waals surface area (Å²) in [4.78, 5) is 0. The van der Waals surface area contributed by atoms with Gasteiger partial charge in [-0.05, 0) is 15.9 Å². The van der Waals surface area contributed by atoms with Gasteiger partial charge in [-0.25, -0.2) is 0 Å². The molecule has 0 aliphatic carbocycles. The van der Waals surface area contributed by atoms with E-state index in [2.05, 4.69) is 21.1 Å². The molecule has 0 amide bonds. The number of nitrogens with zero attached hydrogens (tertiary/aromatic N) is 1. The molecule has 0 atom stereocenters. The fourth-order valence-corrected chi connectivity index (χ4v) is 1.51. The van der Waals surface area contributed by atoms with Crippen LogP contribution in [0.4, 0.5) is 0 Å². The summed E-state index contributed by atoms with van der Waals surface area (Å²) in [6, 6.07) is 0. The lowest BCUT2D eigenvalue weighted by Crippen LogP contribution is -1.87. The highest BCUT2D eigenvalue weighted by molar-refractivity contribution is 9.10. The standard InChI is InChI=1S/C7H10BrNO2/c1-4(2)7-6(8)5(3-10)11-9-7/h4,10H,3H2,1-2H3. The Hall–Kier alpha value is -0.350. The van der Waals surface area contributed by atoms with E-state index in [0.29, 0.717) is 11.7 Å². The predicted molar refractivity (Wildman–Crippen MR) is 44.2 cm³/mol. The van der Waals surface area contributed by atoms with Gasteiger partial charge in [-0.3, -0.25) is 0 Å². The molecule has 0 unspecified atom stereocenters. The van der Waals surface area contributed by atoms with E-state index in [4.69, 9.17) is 9.63 Å². The summed E-state index contributed by atoms with van der Waals surface area (Å²) >= 11 is 3.30. The van der Waals surface area contributed by atoms with Gasteiger partial charge in [0.05, 0.1) is 4.47 Å². The number of hydrogen-bond acceptors (Lipinski definition) is 3. The average molecular weight is 220 g/mol. The first-order chi connectivity index (χ1) is 5.16. The minimum Gasteiger partial charge on any atom is -0.388 e. The van der Waals surface area contributed by atoms with Crippen LogP contribution in [0.1, 0.15) is 31.2 Å². The van der Waals surface area contributed by atoms with Crippen molar-refractivity contribution >= 4 is 15.9 Å². The molecule has 0 saturated carbocycles. The Bertz CT molecular complexity index is 245. The number of aliphatic hydroxyl groups is 1. The van der Waals surface area contributed by atoms with E-state index in [9.17, 15) is 0 Å². The maximum absolute atomic E-state index is 8.75. The van der Waals surface area contributed by atoms with E-state index >= 15 is 0 Å². The highest BCUT2D eigenvalue weighted by Crippen LogP contribution is 2.26. The molecule has 1 N–H and O–H groups in total. The van der Waals surface area contributed by atoms with Gasteiger partial charge in [-0.15, -0.1) is 0 Å². The van der Waals surface area contributed by atoms with Crippen LogP contribution in [-0.2, 0) is 6.61 Å². The molecule has 1 heterocycles. The molecule has 11 heavy (non-hydrogen) atoms. The van der Waals surface area contributed by atoms with Crippen molar-refractivity contribution < 1.29 is 9.63 Å². The van der Waals surface area contributed by atoms with Gasteiger partial charge in [0, 0.05) is 5.92 Å². The molecule has 1 aromatic heterocycles. The van der Waals surface area contributed by atoms with Crippen LogP contribution in [0, 0.1) is 0 Å².